The van der Waals surface area contributed by atoms with Crippen molar-refractivity contribution < 1.29 is 4.42 Å². The van der Waals surface area contributed by atoms with Gasteiger partial charge in [0.15, 0.2) is 5.96 Å². The molecule has 0 aliphatic carbocycles. The molecule has 0 aliphatic heterocycles. The summed E-state index contributed by atoms with van der Waals surface area (Å²) in [5, 5.41) is 6.60. The van der Waals surface area contributed by atoms with Gasteiger partial charge >= 0.3 is 0 Å². The Balaban J connectivity index is 0.00000625. The minimum Gasteiger partial charge on any atom is -0.443 e. The Morgan fingerprint density at radius 3 is 2.35 bits per heavy atom. The van der Waals surface area contributed by atoms with Gasteiger partial charge in [-0.2, -0.15) is 0 Å². The Morgan fingerprint density at radius 2 is 1.77 bits per heavy atom. The quantitative estimate of drug-likeness (QED) is 0.232. The zero-order chi connectivity index (χ0) is 18.7. The molecule has 26 heavy (non-hydrogen) atoms. The third kappa shape index (κ3) is 11.0. The highest BCUT2D eigenvalue weighted by Crippen LogP contribution is 2.22. The summed E-state index contributed by atoms with van der Waals surface area (Å²) in [5.74, 6) is 2.39. The summed E-state index contributed by atoms with van der Waals surface area (Å²) in [4.78, 5) is 10.8. The number of halogens is 1. The Kier molecular flexibility index (Phi) is 12.9. The molecule has 0 bridgehead atoms. The molecule has 7 heteroatoms. The van der Waals surface area contributed by atoms with Gasteiger partial charge in [0.05, 0.1) is 12.7 Å². The van der Waals surface area contributed by atoms with E-state index >= 15 is 0 Å². The van der Waals surface area contributed by atoms with Crippen LogP contribution < -0.4 is 10.6 Å². The second-order valence-corrected chi connectivity index (χ2v) is 7.79. The number of nitrogens with one attached hydrogen (secondary N) is 2. The van der Waals surface area contributed by atoms with Gasteiger partial charge in [-0.25, -0.2) is 4.98 Å². The van der Waals surface area contributed by atoms with Gasteiger partial charge in [0.2, 0.25) is 5.89 Å². The minimum atomic E-state index is -0.0162. The standard InChI is InChI=1S/C19H37N5O.HI/c1-19(2,3)16-14-22-17(25-16)15-23-18(20-4)21-12-10-8-7-9-11-13-24(5)6;/h14H,7-13,15H2,1-6H3,(H2,20,21,23);1H. The summed E-state index contributed by atoms with van der Waals surface area (Å²) in [7, 11) is 6.04. The lowest BCUT2D eigenvalue weighted by molar-refractivity contribution is 0.379. The van der Waals surface area contributed by atoms with Crippen LogP contribution in [0.2, 0.25) is 0 Å². The van der Waals surface area contributed by atoms with Gasteiger partial charge in [0.1, 0.15) is 5.76 Å². The maximum absolute atomic E-state index is 5.78. The van der Waals surface area contributed by atoms with Gasteiger partial charge in [-0.3, -0.25) is 4.99 Å². The van der Waals surface area contributed by atoms with Crippen molar-refractivity contribution in [3.8, 4) is 0 Å². The maximum atomic E-state index is 5.78. The van der Waals surface area contributed by atoms with E-state index in [9.17, 15) is 0 Å². The molecular formula is C19H38IN5O. The second kappa shape index (κ2) is 13.4. The normalized spacial score (nSPS) is 12.2. The van der Waals surface area contributed by atoms with E-state index in [2.05, 4.69) is 60.4 Å². The van der Waals surface area contributed by atoms with Crippen LogP contribution in [0.25, 0.3) is 0 Å². The van der Waals surface area contributed by atoms with Crippen LogP contribution >= 0.6 is 24.0 Å². The fourth-order valence-corrected chi connectivity index (χ4v) is 2.41. The molecule has 0 saturated heterocycles. The van der Waals surface area contributed by atoms with Crippen molar-refractivity contribution >= 4 is 29.9 Å². The van der Waals surface area contributed by atoms with E-state index in [-0.39, 0.29) is 29.4 Å². The maximum Gasteiger partial charge on any atom is 0.213 e. The van der Waals surface area contributed by atoms with Crippen LogP contribution in [-0.4, -0.2) is 50.1 Å². The number of guanidine groups is 1. The first-order chi connectivity index (χ1) is 11.8. The highest BCUT2D eigenvalue weighted by Gasteiger charge is 2.19. The highest BCUT2D eigenvalue weighted by molar-refractivity contribution is 14.0. The first-order valence-corrected chi connectivity index (χ1v) is 9.37. The van der Waals surface area contributed by atoms with Gasteiger partial charge in [-0.05, 0) is 33.5 Å². The SMILES string of the molecule is CN=C(NCCCCCCCN(C)C)NCc1ncc(C(C)(C)C)o1.I. The molecule has 152 valence electrons. The number of hydrogen-bond acceptors (Lipinski definition) is 4. The molecule has 0 atom stereocenters. The Morgan fingerprint density at radius 1 is 1.12 bits per heavy atom. The third-order valence-corrected chi connectivity index (χ3v) is 4.00. The monoisotopic (exact) mass is 479 g/mol. The van der Waals surface area contributed by atoms with Crippen LogP contribution in [0.3, 0.4) is 0 Å². The van der Waals surface area contributed by atoms with Gasteiger partial charge in [-0.1, -0.05) is 40.0 Å². The zero-order valence-electron chi connectivity index (χ0n) is 17.4. The highest BCUT2D eigenvalue weighted by atomic mass is 127. The number of aliphatic imine (C=N–C) groups is 1. The number of aromatic nitrogens is 1. The topological polar surface area (TPSA) is 65.7 Å². The predicted molar refractivity (Wildman–Crippen MR) is 120 cm³/mol. The van der Waals surface area contributed by atoms with E-state index in [1.54, 1.807) is 7.05 Å². The summed E-state index contributed by atoms with van der Waals surface area (Å²) in [5.41, 5.74) is -0.0162. The van der Waals surface area contributed by atoms with E-state index in [0.29, 0.717) is 12.4 Å². The van der Waals surface area contributed by atoms with Crippen LogP contribution in [0.5, 0.6) is 0 Å². The van der Waals surface area contributed by atoms with Crippen molar-refractivity contribution in [1.29, 1.82) is 0 Å². The van der Waals surface area contributed by atoms with Gasteiger partial charge in [0.25, 0.3) is 0 Å². The molecule has 0 unspecified atom stereocenters. The molecule has 1 heterocycles. The summed E-state index contributed by atoms with van der Waals surface area (Å²) in [6, 6.07) is 0. The third-order valence-electron chi connectivity index (χ3n) is 4.00. The van der Waals surface area contributed by atoms with E-state index in [1.807, 2.05) is 6.20 Å². The molecule has 0 fully saturated rings. The number of nitrogens with zero attached hydrogens (tertiary/aromatic N) is 3. The van der Waals surface area contributed by atoms with Crippen LogP contribution in [0.1, 0.15) is 64.5 Å². The molecule has 0 saturated carbocycles. The molecule has 1 aromatic rings. The van der Waals surface area contributed by atoms with Crippen molar-refractivity contribution in [2.45, 2.75) is 64.8 Å². The van der Waals surface area contributed by atoms with E-state index in [4.69, 9.17) is 4.42 Å². The molecule has 6 nitrogen and oxygen atoms in total. The minimum absolute atomic E-state index is 0. The molecule has 0 amide bonds. The van der Waals surface area contributed by atoms with Crippen LogP contribution in [0.4, 0.5) is 0 Å². The van der Waals surface area contributed by atoms with E-state index in [0.717, 1.165) is 24.7 Å². The largest absolute Gasteiger partial charge is 0.443 e. The zero-order valence-corrected chi connectivity index (χ0v) is 19.7. The first-order valence-electron chi connectivity index (χ1n) is 9.37. The number of unbranched alkanes of at least 4 members (excludes halogenated alkanes) is 4. The molecule has 2 N–H and O–H groups in total. The van der Waals surface area contributed by atoms with Crippen molar-refractivity contribution in [1.82, 2.24) is 20.5 Å². The smallest absolute Gasteiger partial charge is 0.213 e. The number of hydrogen-bond donors (Lipinski definition) is 2. The average molecular weight is 479 g/mol. The predicted octanol–water partition coefficient (Wildman–Crippen LogP) is 3.77. The summed E-state index contributed by atoms with van der Waals surface area (Å²) >= 11 is 0. The first kappa shape index (κ1) is 25.2. The van der Waals surface area contributed by atoms with E-state index in [1.165, 1.54) is 32.2 Å². The van der Waals surface area contributed by atoms with Crippen molar-refractivity contribution in [3.05, 3.63) is 17.8 Å². The number of oxazole rings is 1. The Hall–Kier alpha value is -0.830. The molecular weight excluding hydrogens is 441 g/mol. The van der Waals surface area contributed by atoms with Crippen molar-refractivity contribution in [2.24, 2.45) is 4.99 Å². The molecule has 0 spiro atoms. The van der Waals surface area contributed by atoms with Gasteiger partial charge in [0, 0.05) is 19.0 Å². The van der Waals surface area contributed by atoms with Crippen molar-refractivity contribution in [3.63, 3.8) is 0 Å². The summed E-state index contributed by atoms with van der Waals surface area (Å²) in [6.07, 6.45) is 8.13. The average Bonchev–Trinajstić information content (AvgIpc) is 3.01. The van der Waals surface area contributed by atoms with Crippen LogP contribution in [0, 0.1) is 0 Å². The fourth-order valence-electron chi connectivity index (χ4n) is 2.41. The number of rotatable bonds is 10. The van der Waals surface area contributed by atoms with E-state index < -0.39 is 0 Å². The summed E-state index contributed by atoms with van der Waals surface area (Å²) in [6.45, 7) is 9.02. The Bertz CT molecular complexity index is 508. The molecule has 0 radical (unpaired) electrons. The molecule has 1 rings (SSSR count). The Labute approximate surface area is 176 Å². The van der Waals surface area contributed by atoms with Crippen molar-refractivity contribution in [2.75, 3.05) is 34.2 Å². The van der Waals surface area contributed by atoms with Crippen LogP contribution in [0.15, 0.2) is 15.6 Å². The van der Waals surface area contributed by atoms with Gasteiger partial charge in [-0.15, -0.1) is 24.0 Å². The fraction of sp³-hybridized carbons (Fsp3) is 0.789. The summed E-state index contributed by atoms with van der Waals surface area (Å²) < 4.78 is 5.78. The molecule has 1 aromatic heterocycles. The molecule has 0 aromatic carbocycles. The molecule has 0 aliphatic rings. The lowest BCUT2D eigenvalue weighted by Crippen LogP contribution is -2.37. The van der Waals surface area contributed by atoms with Gasteiger partial charge < -0.3 is 20.0 Å². The lowest BCUT2D eigenvalue weighted by Gasteiger charge is -2.13. The second-order valence-electron chi connectivity index (χ2n) is 7.79. The lowest BCUT2D eigenvalue weighted by atomic mass is 9.94. The van der Waals surface area contributed by atoms with Crippen LogP contribution in [-0.2, 0) is 12.0 Å².